The van der Waals surface area contributed by atoms with Crippen LogP contribution < -0.4 is 11.2 Å². The fraction of sp³-hybridized carbons (Fsp3) is 0. The summed E-state index contributed by atoms with van der Waals surface area (Å²) in [4.78, 5) is 20.0. The van der Waals surface area contributed by atoms with Gasteiger partial charge in [-0.3, -0.25) is 10.1 Å². The lowest BCUT2D eigenvalue weighted by molar-refractivity contribution is -0.384. The number of hydrazone groups is 1. The predicted molar refractivity (Wildman–Crippen MR) is 53.4 cm³/mol. The molecular weight excluding hydrogens is 219 g/mol. The van der Waals surface area contributed by atoms with Gasteiger partial charge in [0.2, 0.25) is 0 Å². The molecule has 0 unspecified atom stereocenters. The van der Waals surface area contributed by atoms with Crippen LogP contribution in [0.25, 0.3) is 0 Å². The number of halogens is 1. The monoisotopic (exact) mass is 226 g/mol. The lowest BCUT2D eigenvalue weighted by Gasteiger charge is -1.96. The first-order valence-electron chi connectivity index (χ1n) is 4.03. The predicted octanol–water partition coefficient (Wildman–Crippen LogP) is 0.736. The summed E-state index contributed by atoms with van der Waals surface area (Å²) in [5.41, 5.74) is 6.15. The summed E-state index contributed by atoms with van der Waals surface area (Å²) >= 11 is 0. The number of nitro groups is 1. The Kier molecular flexibility index (Phi) is 3.49. The van der Waals surface area contributed by atoms with Crippen LogP contribution >= 0.6 is 0 Å². The highest BCUT2D eigenvalue weighted by Crippen LogP contribution is 2.14. The van der Waals surface area contributed by atoms with Gasteiger partial charge in [0.05, 0.1) is 11.1 Å². The molecule has 8 heteroatoms. The van der Waals surface area contributed by atoms with E-state index in [1.807, 2.05) is 5.43 Å². The molecule has 84 valence electrons. The van der Waals surface area contributed by atoms with E-state index in [0.717, 1.165) is 24.4 Å². The summed E-state index contributed by atoms with van der Waals surface area (Å²) in [5, 5.41) is 13.7. The van der Waals surface area contributed by atoms with Crippen LogP contribution in [0.2, 0.25) is 0 Å². The molecule has 0 spiro atoms. The molecule has 0 aromatic heterocycles. The van der Waals surface area contributed by atoms with Crippen LogP contribution in [-0.2, 0) is 0 Å². The average Bonchev–Trinajstić information content (AvgIpc) is 2.20. The number of nitro benzene ring substituents is 1. The van der Waals surface area contributed by atoms with E-state index in [1.54, 1.807) is 0 Å². The summed E-state index contributed by atoms with van der Waals surface area (Å²) in [6, 6.07) is 2.03. The van der Waals surface area contributed by atoms with E-state index in [1.165, 1.54) is 0 Å². The van der Waals surface area contributed by atoms with Gasteiger partial charge in [-0.15, -0.1) is 0 Å². The topological polar surface area (TPSA) is 111 Å². The van der Waals surface area contributed by atoms with Crippen molar-refractivity contribution < 1.29 is 14.1 Å². The van der Waals surface area contributed by atoms with Crippen LogP contribution in [0.5, 0.6) is 0 Å². The van der Waals surface area contributed by atoms with Gasteiger partial charge in [-0.1, -0.05) is 0 Å². The number of benzene rings is 1. The molecule has 0 fully saturated rings. The SMILES string of the molecule is NC(=O)NN=Cc1cc([N+](=O)[O-])ccc1F. The summed E-state index contributed by atoms with van der Waals surface area (Å²) in [7, 11) is 0. The molecule has 0 saturated carbocycles. The first-order valence-corrected chi connectivity index (χ1v) is 4.03. The number of carbonyl (C=O) groups is 1. The molecule has 0 radical (unpaired) electrons. The molecule has 0 saturated heterocycles. The second-order valence-corrected chi connectivity index (χ2v) is 2.70. The van der Waals surface area contributed by atoms with Gasteiger partial charge in [-0.05, 0) is 6.07 Å². The maximum absolute atomic E-state index is 13.1. The third-order valence-electron chi connectivity index (χ3n) is 1.57. The van der Waals surface area contributed by atoms with E-state index in [9.17, 15) is 19.3 Å². The number of nitrogens with two attached hydrogens (primary N) is 1. The molecule has 7 nitrogen and oxygen atoms in total. The lowest BCUT2D eigenvalue weighted by atomic mass is 10.2. The van der Waals surface area contributed by atoms with Gasteiger partial charge in [0, 0.05) is 17.7 Å². The van der Waals surface area contributed by atoms with Crippen molar-refractivity contribution >= 4 is 17.9 Å². The summed E-state index contributed by atoms with van der Waals surface area (Å²) < 4.78 is 13.1. The summed E-state index contributed by atoms with van der Waals surface area (Å²) in [6.45, 7) is 0. The van der Waals surface area contributed by atoms with E-state index in [-0.39, 0.29) is 11.3 Å². The number of amides is 2. The molecule has 1 aromatic carbocycles. The Hall–Kier alpha value is -2.51. The number of primary amides is 1. The average molecular weight is 226 g/mol. The number of nitrogens with zero attached hydrogens (tertiary/aromatic N) is 2. The van der Waals surface area contributed by atoms with Gasteiger partial charge >= 0.3 is 6.03 Å². The van der Waals surface area contributed by atoms with Crippen LogP contribution in [0.4, 0.5) is 14.9 Å². The zero-order valence-electron chi connectivity index (χ0n) is 7.88. The third kappa shape index (κ3) is 3.01. The van der Waals surface area contributed by atoms with Gasteiger partial charge in [0.15, 0.2) is 0 Å². The minimum Gasteiger partial charge on any atom is -0.350 e. The number of nitrogens with one attached hydrogen (secondary N) is 1. The Morgan fingerprint density at radius 1 is 1.62 bits per heavy atom. The smallest absolute Gasteiger partial charge is 0.332 e. The highest BCUT2D eigenvalue weighted by Gasteiger charge is 2.08. The Labute approximate surface area is 88.9 Å². The van der Waals surface area contributed by atoms with Crippen molar-refractivity contribution in [1.82, 2.24) is 5.43 Å². The second-order valence-electron chi connectivity index (χ2n) is 2.70. The lowest BCUT2D eigenvalue weighted by Crippen LogP contribution is -2.24. The van der Waals surface area contributed by atoms with Gasteiger partial charge in [-0.25, -0.2) is 14.6 Å². The minimum atomic E-state index is -0.915. The Morgan fingerprint density at radius 3 is 2.88 bits per heavy atom. The molecule has 2 amide bonds. The number of urea groups is 1. The van der Waals surface area contributed by atoms with Crippen LogP contribution in [0.3, 0.4) is 0 Å². The largest absolute Gasteiger partial charge is 0.350 e. The second kappa shape index (κ2) is 4.82. The summed E-state index contributed by atoms with van der Waals surface area (Å²) in [5.74, 6) is -0.694. The van der Waals surface area contributed by atoms with Crippen LogP contribution in [-0.4, -0.2) is 17.2 Å². The fourth-order valence-corrected chi connectivity index (χ4v) is 0.909. The molecule has 0 atom stereocenters. The van der Waals surface area contributed by atoms with Crippen molar-refractivity contribution in [3.63, 3.8) is 0 Å². The zero-order valence-corrected chi connectivity index (χ0v) is 7.88. The van der Waals surface area contributed by atoms with E-state index in [2.05, 4.69) is 5.10 Å². The van der Waals surface area contributed by atoms with Crippen molar-refractivity contribution in [1.29, 1.82) is 0 Å². The van der Waals surface area contributed by atoms with Crippen molar-refractivity contribution in [3.8, 4) is 0 Å². The maximum atomic E-state index is 13.1. The standard InChI is InChI=1S/C8H7FN4O3/c9-7-2-1-6(13(15)16)3-5(7)4-11-12-8(10)14/h1-4H,(H3,10,12,14). The number of rotatable bonds is 3. The fourth-order valence-electron chi connectivity index (χ4n) is 0.909. The van der Waals surface area contributed by atoms with Crippen molar-refractivity contribution in [3.05, 3.63) is 39.7 Å². The maximum Gasteiger partial charge on any atom is 0.332 e. The number of hydrogen-bond acceptors (Lipinski definition) is 4. The molecular formula is C8H7FN4O3. The molecule has 3 N–H and O–H groups in total. The molecule has 1 rings (SSSR count). The van der Waals surface area contributed by atoms with Crippen molar-refractivity contribution in [2.75, 3.05) is 0 Å². The van der Waals surface area contributed by atoms with Crippen molar-refractivity contribution in [2.24, 2.45) is 10.8 Å². The third-order valence-corrected chi connectivity index (χ3v) is 1.57. The Balaban J connectivity index is 2.94. The highest BCUT2D eigenvalue weighted by atomic mass is 19.1. The van der Waals surface area contributed by atoms with E-state index in [4.69, 9.17) is 5.73 Å². The number of carbonyl (C=O) groups excluding carboxylic acids is 1. The Morgan fingerprint density at radius 2 is 2.31 bits per heavy atom. The summed E-state index contributed by atoms with van der Waals surface area (Å²) in [6.07, 6.45) is 0.924. The normalized spacial score (nSPS) is 10.3. The first kappa shape index (κ1) is 11.6. The number of hydrogen-bond donors (Lipinski definition) is 2. The van der Waals surface area contributed by atoms with Crippen molar-refractivity contribution in [2.45, 2.75) is 0 Å². The van der Waals surface area contributed by atoms with Gasteiger partial charge in [0.1, 0.15) is 5.82 Å². The molecule has 0 heterocycles. The van der Waals surface area contributed by atoms with Gasteiger partial charge < -0.3 is 5.73 Å². The van der Waals surface area contributed by atoms with Crippen LogP contribution in [0, 0.1) is 15.9 Å². The van der Waals surface area contributed by atoms with Gasteiger partial charge in [0.25, 0.3) is 5.69 Å². The van der Waals surface area contributed by atoms with Gasteiger partial charge in [-0.2, -0.15) is 5.10 Å². The van der Waals surface area contributed by atoms with E-state index >= 15 is 0 Å². The molecule has 0 bridgehead atoms. The Bertz CT molecular complexity index is 461. The molecule has 16 heavy (non-hydrogen) atoms. The van der Waals surface area contributed by atoms with E-state index < -0.39 is 16.8 Å². The minimum absolute atomic E-state index is 0.122. The molecule has 1 aromatic rings. The first-order chi connectivity index (χ1) is 7.50. The van der Waals surface area contributed by atoms with Crippen LogP contribution in [0.1, 0.15) is 5.56 Å². The van der Waals surface area contributed by atoms with E-state index in [0.29, 0.717) is 0 Å². The highest BCUT2D eigenvalue weighted by molar-refractivity contribution is 5.82. The zero-order chi connectivity index (χ0) is 12.1. The molecule has 0 aliphatic carbocycles. The number of non-ortho nitro benzene ring substituents is 1. The molecule has 0 aliphatic heterocycles. The quantitative estimate of drug-likeness (QED) is 0.450. The molecule has 0 aliphatic rings. The van der Waals surface area contributed by atoms with Crippen LogP contribution in [0.15, 0.2) is 23.3 Å².